The Kier molecular flexibility index (Phi) is 6.47. The molecule has 2 heterocycles. The largest absolute Gasteiger partial charge is 0.476 e. The van der Waals surface area contributed by atoms with E-state index in [1.54, 1.807) is 26.2 Å². The number of likely N-dealkylation sites (tertiary alicyclic amines) is 1. The van der Waals surface area contributed by atoms with Crippen molar-refractivity contribution in [2.45, 2.75) is 38.1 Å². The molecule has 0 bridgehead atoms. The molecule has 1 saturated carbocycles. The molecule has 7 nitrogen and oxygen atoms in total. The molecule has 2 amide bonds. The molecule has 0 radical (unpaired) electrons. The molecule has 2 aromatic rings. The molecule has 7 heteroatoms. The molecule has 2 aliphatic rings. The number of carbonyl (C=O) groups is 1. The zero-order chi connectivity index (χ0) is 20.9. The smallest absolute Gasteiger partial charge is 0.322 e. The van der Waals surface area contributed by atoms with Crippen molar-refractivity contribution in [3.63, 3.8) is 0 Å². The van der Waals surface area contributed by atoms with E-state index in [0.717, 1.165) is 19.4 Å². The molecular weight excluding hydrogens is 378 g/mol. The molecule has 0 atom stereocenters. The highest BCUT2D eigenvalue weighted by atomic mass is 16.5. The third kappa shape index (κ3) is 4.90. The summed E-state index contributed by atoms with van der Waals surface area (Å²) in [6.45, 7) is 4.22. The van der Waals surface area contributed by atoms with Gasteiger partial charge in [0.2, 0.25) is 5.88 Å². The Bertz CT molecular complexity index is 828. The summed E-state index contributed by atoms with van der Waals surface area (Å²) in [7, 11) is 3.23. The van der Waals surface area contributed by atoms with E-state index < -0.39 is 0 Å². The number of anilines is 1. The molecule has 1 aliphatic heterocycles. The Morgan fingerprint density at radius 3 is 2.50 bits per heavy atom. The fourth-order valence-electron chi connectivity index (χ4n) is 4.28. The SMILES string of the molecule is CNC(=O)N(C)c1ccc(OC[C@H]2C[C@@H](c3ccc(CN4CCCC4)cc3)C2)nn1. The molecular formula is C23H31N5O2. The van der Waals surface area contributed by atoms with Crippen LogP contribution in [0.15, 0.2) is 36.4 Å². The number of nitrogens with one attached hydrogen (secondary N) is 1. The molecule has 0 spiro atoms. The van der Waals surface area contributed by atoms with Crippen LogP contribution in [0.3, 0.4) is 0 Å². The van der Waals surface area contributed by atoms with E-state index >= 15 is 0 Å². The van der Waals surface area contributed by atoms with E-state index in [9.17, 15) is 4.79 Å². The summed E-state index contributed by atoms with van der Waals surface area (Å²) in [5.41, 5.74) is 2.86. The van der Waals surface area contributed by atoms with Gasteiger partial charge in [0.05, 0.1) is 6.61 Å². The summed E-state index contributed by atoms with van der Waals surface area (Å²) >= 11 is 0. The number of amides is 2. The number of hydrogen-bond acceptors (Lipinski definition) is 5. The third-order valence-corrected chi connectivity index (χ3v) is 6.25. The van der Waals surface area contributed by atoms with Gasteiger partial charge >= 0.3 is 6.03 Å². The Labute approximate surface area is 178 Å². The first-order valence-electron chi connectivity index (χ1n) is 10.9. The van der Waals surface area contributed by atoms with Crippen molar-refractivity contribution in [2.24, 2.45) is 5.92 Å². The van der Waals surface area contributed by atoms with Gasteiger partial charge in [0.15, 0.2) is 5.82 Å². The number of nitrogens with zero attached hydrogens (tertiary/aromatic N) is 4. The first kappa shape index (κ1) is 20.6. The highest BCUT2D eigenvalue weighted by Gasteiger charge is 2.31. The predicted molar refractivity (Wildman–Crippen MR) is 117 cm³/mol. The molecule has 30 heavy (non-hydrogen) atoms. The molecule has 2 fully saturated rings. The lowest BCUT2D eigenvalue weighted by Crippen LogP contribution is -2.35. The van der Waals surface area contributed by atoms with Gasteiger partial charge in [-0.25, -0.2) is 4.79 Å². The summed E-state index contributed by atoms with van der Waals surface area (Å²) in [6, 6.07) is 12.5. The van der Waals surface area contributed by atoms with Gasteiger partial charge in [-0.05, 0) is 67.8 Å². The quantitative estimate of drug-likeness (QED) is 0.759. The average Bonchev–Trinajstić information content (AvgIpc) is 3.26. The van der Waals surface area contributed by atoms with Crippen molar-refractivity contribution in [1.29, 1.82) is 0 Å². The average molecular weight is 410 g/mol. The van der Waals surface area contributed by atoms with Crippen molar-refractivity contribution >= 4 is 11.8 Å². The second kappa shape index (κ2) is 9.43. The Morgan fingerprint density at radius 1 is 1.13 bits per heavy atom. The Morgan fingerprint density at radius 2 is 1.87 bits per heavy atom. The fraction of sp³-hybridized carbons (Fsp3) is 0.522. The normalized spacial score (nSPS) is 21.1. The maximum atomic E-state index is 11.6. The number of carbonyl (C=O) groups excluding carboxylic acids is 1. The summed E-state index contributed by atoms with van der Waals surface area (Å²) in [4.78, 5) is 15.6. The monoisotopic (exact) mass is 409 g/mol. The van der Waals surface area contributed by atoms with Gasteiger partial charge in [0.1, 0.15) is 0 Å². The van der Waals surface area contributed by atoms with Gasteiger partial charge in [-0.3, -0.25) is 9.80 Å². The maximum absolute atomic E-state index is 11.6. The molecule has 1 aliphatic carbocycles. The fourth-order valence-corrected chi connectivity index (χ4v) is 4.28. The maximum Gasteiger partial charge on any atom is 0.322 e. The molecule has 4 rings (SSSR count). The van der Waals surface area contributed by atoms with Crippen LogP contribution in [0.25, 0.3) is 0 Å². The third-order valence-electron chi connectivity index (χ3n) is 6.25. The second-order valence-corrected chi connectivity index (χ2v) is 8.41. The van der Waals surface area contributed by atoms with Crippen LogP contribution < -0.4 is 15.0 Å². The van der Waals surface area contributed by atoms with E-state index in [4.69, 9.17) is 4.74 Å². The van der Waals surface area contributed by atoms with Crippen LogP contribution in [-0.4, -0.2) is 54.9 Å². The molecule has 160 valence electrons. The number of aromatic nitrogens is 2. The Hall–Kier alpha value is -2.67. The predicted octanol–water partition coefficient (Wildman–Crippen LogP) is 3.42. The highest BCUT2D eigenvalue weighted by Crippen LogP contribution is 2.41. The number of urea groups is 1. The van der Waals surface area contributed by atoms with Crippen molar-refractivity contribution in [3.8, 4) is 5.88 Å². The van der Waals surface area contributed by atoms with Gasteiger partial charge in [-0.2, -0.15) is 0 Å². The van der Waals surface area contributed by atoms with Crippen LogP contribution >= 0.6 is 0 Å². The lowest BCUT2D eigenvalue weighted by atomic mass is 9.72. The summed E-state index contributed by atoms with van der Waals surface area (Å²) in [5.74, 6) is 2.17. The number of benzene rings is 1. The van der Waals surface area contributed by atoms with Crippen LogP contribution in [0, 0.1) is 5.92 Å². The van der Waals surface area contributed by atoms with E-state index in [0.29, 0.717) is 30.1 Å². The molecule has 1 saturated heterocycles. The van der Waals surface area contributed by atoms with Crippen LogP contribution in [0.5, 0.6) is 5.88 Å². The van der Waals surface area contributed by atoms with Crippen molar-refractivity contribution in [1.82, 2.24) is 20.4 Å². The van der Waals surface area contributed by atoms with E-state index in [2.05, 4.69) is 44.7 Å². The first-order chi connectivity index (χ1) is 14.6. The number of hydrogen-bond donors (Lipinski definition) is 1. The minimum absolute atomic E-state index is 0.234. The first-order valence-corrected chi connectivity index (χ1v) is 10.9. The summed E-state index contributed by atoms with van der Waals surface area (Å²) < 4.78 is 5.81. The summed E-state index contributed by atoms with van der Waals surface area (Å²) in [5, 5.41) is 10.7. The lowest BCUT2D eigenvalue weighted by Gasteiger charge is -2.35. The standard InChI is InChI=1S/C23H31N5O2/c1-24-23(29)27(2)21-9-10-22(26-25-21)30-16-18-13-20(14-18)19-7-5-17(6-8-19)15-28-11-3-4-12-28/h5-10,18,20H,3-4,11-16H2,1-2H3,(H,24,29)/t18-,20+. The van der Waals surface area contributed by atoms with E-state index in [1.165, 1.54) is 42.0 Å². The highest BCUT2D eigenvalue weighted by molar-refractivity contribution is 5.89. The van der Waals surface area contributed by atoms with E-state index in [1.807, 2.05) is 0 Å². The zero-order valence-electron chi connectivity index (χ0n) is 17.9. The minimum Gasteiger partial charge on any atom is -0.476 e. The second-order valence-electron chi connectivity index (χ2n) is 8.41. The lowest BCUT2D eigenvalue weighted by molar-refractivity contribution is 0.153. The van der Waals surface area contributed by atoms with Crippen molar-refractivity contribution in [2.75, 3.05) is 38.7 Å². The minimum atomic E-state index is -0.234. The van der Waals surface area contributed by atoms with Gasteiger partial charge in [0.25, 0.3) is 0 Å². The zero-order valence-corrected chi connectivity index (χ0v) is 17.9. The van der Waals surface area contributed by atoms with Gasteiger partial charge in [0, 0.05) is 26.7 Å². The van der Waals surface area contributed by atoms with Crippen LogP contribution in [-0.2, 0) is 6.54 Å². The molecule has 1 aromatic carbocycles. The van der Waals surface area contributed by atoms with Gasteiger partial charge < -0.3 is 10.1 Å². The van der Waals surface area contributed by atoms with Crippen LogP contribution in [0.4, 0.5) is 10.6 Å². The van der Waals surface area contributed by atoms with Crippen molar-refractivity contribution < 1.29 is 9.53 Å². The van der Waals surface area contributed by atoms with Gasteiger partial charge in [-0.15, -0.1) is 10.2 Å². The van der Waals surface area contributed by atoms with Gasteiger partial charge in [-0.1, -0.05) is 24.3 Å². The van der Waals surface area contributed by atoms with E-state index in [-0.39, 0.29) is 6.03 Å². The number of rotatable bonds is 7. The van der Waals surface area contributed by atoms with Crippen LogP contribution in [0.2, 0.25) is 0 Å². The Balaban J connectivity index is 1.20. The topological polar surface area (TPSA) is 70.6 Å². The molecule has 1 aromatic heterocycles. The molecule has 0 unspecified atom stereocenters. The van der Waals surface area contributed by atoms with Crippen molar-refractivity contribution in [3.05, 3.63) is 47.5 Å². The molecule has 1 N–H and O–H groups in total. The number of ether oxygens (including phenoxy) is 1. The summed E-state index contributed by atoms with van der Waals surface area (Å²) in [6.07, 6.45) is 4.98. The van der Waals surface area contributed by atoms with Crippen LogP contribution in [0.1, 0.15) is 42.7 Å².